The summed E-state index contributed by atoms with van der Waals surface area (Å²) >= 11 is 1.33. The molecule has 1 amide bonds. The first kappa shape index (κ1) is 25.6. The van der Waals surface area contributed by atoms with Crippen molar-refractivity contribution in [2.75, 3.05) is 57.6 Å². The normalized spacial score (nSPS) is 12.9. The van der Waals surface area contributed by atoms with Crippen LogP contribution in [0, 0.1) is 0 Å². The van der Waals surface area contributed by atoms with Crippen LogP contribution < -0.4 is 16.8 Å². The molecule has 0 aliphatic heterocycles. The standard InChI is InChI=1S/C16H31N3O7S/c1-12(20)25-9-14(26-13(2)21)10-27-11-15(18)16(22)19-4-6-24-8-7-23-5-3-17/h14-15H,3-11,17-18H2,1-2H3,(H,19,22)/t14-,15+/m1/s1. The summed E-state index contributed by atoms with van der Waals surface area (Å²) in [5, 5.41) is 2.68. The highest BCUT2D eigenvalue weighted by molar-refractivity contribution is 7.99. The molecule has 5 N–H and O–H groups in total. The van der Waals surface area contributed by atoms with E-state index in [0.29, 0.717) is 51.0 Å². The van der Waals surface area contributed by atoms with Gasteiger partial charge in [-0.3, -0.25) is 14.4 Å². The van der Waals surface area contributed by atoms with E-state index in [1.807, 2.05) is 0 Å². The molecule has 2 atom stereocenters. The monoisotopic (exact) mass is 409 g/mol. The molecule has 0 radical (unpaired) electrons. The Hall–Kier alpha value is -1.40. The molecular formula is C16H31N3O7S. The molecule has 0 saturated carbocycles. The molecule has 0 rings (SSSR count). The van der Waals surface area contributed by atoms with Crippen molar-refractivity contribution in [2.45, 2.75) is 26.0 Å². The van der Waals surface area contributed by atoms with Crippen molar-refractivity contribution < 1.29 is 33.3 Å². The third-order valence-corrected chi connectivity index (χ3v) is 4.13. The van der Waals surface area contributed by atoms with Crippen LogP contribution in [-0.2, 0) is 33.3 Å². The van der Waals surface area contributed by atoms with Gasteiger partial charge in [-0.1, -0.05) is 0 Å². The van der Waals surface area contributed by atoms with Crippen molar-refractivity contribution in [1.29, 1.82) is 0 Å². The largest absolute Gasteiger partial charge is 0.462 e. The number of amides is 1. The molecule has 0 aliphatic rings. The van der Waals surface area contributed by atoms with Gasteiger partial charge in [-0.05, 0) is 0 Å². The lowest BCUT2D eigenvalue weighted by molar-refractivity contribution is -0.154. The predicted octanol–water partition coefficient (Wildman–Crippen LogP) is -1.35. The maximum Gasteiger partial charge on any atom is 0.303 e. The third-order valence-electron chi connectivity index (χ3n) is 2.92. The van der Waals surface area contributed by atoms with E-state index in [-0.39, 0.29) is 12.5 Å². The molecule has 0 aromatic heterocycles. The molecule has 10 nitrogen and oxygen atoms in total. The van der Waals surface area contributed by atoms with Gasteiger partial charge in [0.05, 0.1) is 32.5 Å². The second kappa shape index (κ2) is 16.8. The SMILES string of the molecule is CC(=O)OC[C@H](CSC[C@H](N)C(=O)NCCOCCOCCN)OC(C)=O. The first-order valence-corrected chi connectivity index (χ1v) is 9.79. The number of hydrogen-bond acceptors (Lipinski definition) is 10. The van der Waals surface area contributed by atoms with Crippen LogP contribution in [0.3, 0.4) is 0 Å². The minimum absolute atomic E-state index is 0.0321. The molecule has 0 saturated heterocycles. The molecule has 0 unspecified atom stereocenters. The van der Waals surface area contributed by atoms with Gasteiger partial charge in [0, 0.05) is 38.4 Å². The van der Waals surface area contributed by atoms with E-state index < -0.39 is 24.1 Å². The average molecular weight is 410 g/mol. The number of hydrogen-bond donors (Lipinski definition) is 3. The summed E-state index contributed by atoms with van der Waals surface area (Å²) in [4.78, 5) is 33.8. The smallest absolute Gasteiger partial charge is 0.303 e. The molecule has 0 heterocycles. The fraction of sp³-hybridized carbons (Fsp3) is 0.812. The maximum atomic E-state index is 11.9. The Bertz CT molecular complexity index is 440. The zero-order valence-corrected chi connectivity index (χ0v) is 16.8. The number of ether oxygens (including phenoxy) is 4. The number of rotatable bonds is 16. The van der Waals surface area contributed by atoms with Gasteiger partial charge in [0.2, 0.25) is 5.91 Å². The van der Waals surface area contributed by atoms with Crippen LogP contribution in [0.25, 0.3) is 0 Å². The summed E-state index contributed by atoms with van der Waals surface area (Å²) < 4.78 is 20.3. The summed E-state index contributed by atoms with van der Waals surface area (Å²) in [6.07, 6.45) is -0.582. The minimum Gasteiger partial charge on any atom is -0.462 e. The first-order chi connectivity index (χ1) is 12.9. The van der Waals surface area contributed by atoms with Crippen molar-refractivity contribution in [3.05, 3.63) is 0 Å². The van der Waals surface area contributed by atoms with Crippen molar-refractivity contribution in [1.82, 2.24) is 5.32 Å². The minimum atomic E-state index is -0.713. The van der Waals surface area contributed by atoms with Crippen LogP contribution >= 0.6 is 11.8 Å². The van der Waals surface area contributed by atoms with E-state index in [0.717, 1.165) is 0 Å². The number of esters is 2. The zero-order chi connectivity index (χ0) is 20.5. The number of nitrogens with two attached hydrogens (primary N) is 2. The van der Waals surface area contributed by atoms with E-state index in [1.165, 1.54) is 25.6 Å². The fourth-order valence-electron chi connectivity index (χ4n) is 1.75. The van der Waals surface area contributed by atoms with Crippen molar-refractivity contribution in [2.24, 2.45) is 11.5 Å². The maximum absolute atomic E-state index is 11.9. The van der Waals surface area contributed by atoms with Gasteiger partial charge in [0.1, 0.15) is 12.7 Å². The van der Waals surface area contributed by atoms with Gasteiger partial charge in [-0.25, -0.2) is 0 Å². The molecule has 0 aromatic carbocycles. The van der Waals surface area contributed by atoms with Crippen molar-refractivity contribution in [3.63, 3.8) is 0 Å². The lowest BCUT2D eigenvalue weighted by Gasteiger charge is -2.17. The first-order valence-electron chi connectivity index (χ1n) is 8.64. The second-order valence-electron chi connectivity index (χ2n) is 5.48. The average Bonchev–Trinajstić information content (AvgIpc) is 2.60. The van der Waals surface area contributed by atoms with Crippen molar-refractivity contribution >= 4 is 29.6 Å². The van der Waals surface area contributed by atoms with Crippen LogP contribution in [0.15, 0.2) is 0 Å². The molecule has 0 aromatic rings. The summed E-state index contributed by atoms with van der Waals surface area (Å²) in [5.74, 6) is -0.531. The number of thioether (sulfide) groups is 1. The van der Waals surface area contributed by atoms with Gasteiger partial charge in [-0.2, -0.15) is 11.8 Å². The summed E-state index contributed by atoms with van der Waals surface area (Å²) in [7, 11) is 0. The van der Waals surface area contributed by atoms with Gasteiger partial charge in [0.15, 0.2) is 0 Å². The highest BCUT2D eigenvalue weighted by Crippen LogP contribution is 2.08. The Morgan fingerprint density at radius 3 is 2.26 bits per heavy atom. The van der Waals surface area contributed by atoms with E-state index in [4.69, 9.17) is 30.4 Å². The molecule has 0 aliphatic carbocycles. The highest BCUT2D eigenvalue weighted by Gasteiger charge is 2.17. The third kappa shape index (κ3) is 16.5. The number of nitrogens with one attached hydrogen (secondary N) is 1. The molecule has 27 heavy (non-hydrogen) atoms. The van der Waals surface area contributed by atoms with E-state index in [1.54, 1.807) is 0 Å². The van der Waals surface area contributed by atoms with Crippen LogP contribution in [-0.4, -0.2) is 87.6 Å². The highest BCUT2D eigenvalue weighted by atomic mass is 32.2. The summed E-state index contributed by atoms with van der Waals surface area (Å²) in [6.45, 7) is 5.06. The summed E-state index contributed by atoms with van der Waals surface area (Å²) in [6, 6.07) is -0.713. The van der Waals surface area contributed by atoms with E-state index >= 15 is 0 Å². The topological polar surface area (TPSA) is 152 Å². The lowest BCUT2D eigenvalue weighted by atomic mass is 10.3. The fourth-order valence-corrected chi connectivity index (χ4v) is 2.71. The van der Waals surface area contributed by atoms with Gasteiger partial charge < -0.3 is 35.7 Å². The van der Waals surface area contributed by atoms with Crippen LogP contribution in [0.4, 0.5) is 0 Å². The van der Waals surface area contributed by atoms with Gasteiger partial charge in [-0.15, -0.1) is 0 Å². The van der Waals surface area contributed by atoms with Crippen LogP contribution in [0.1, 0.15) is 13.8 Å². The van der Waals surface area contributed by atoms with Crippen molar-refractivity contribution in [3.8, 4) is 0 Å². The van der Waals surface area contributed by atoms with E-state index in [9.17, 15) is 14.4 Å². The van der Waals surface area contributed by atoms with Gasteiger partial charge >= 0.3 is 11.9 Å². The Morgan fingerprint density at radius 1 is 1.00 bits per heavy atom. The Kier molecular flexibility index (Phi) is 15.9. The van der Waals surface area contributed by atoms with Gasteiger partial charge in [0.25, 0.3) is 0 Å². The zero-order valence-electron chi connectivity index (χ0n) is 15.9. The van der Waals surface area contributed by atoms with Crippen LogP contribution in [0.2, 0.25) is 0 Å². The molecule has 11 heteroatoms. The predicted molar refractivity (Wildman–Crippen MR) is 101 cm³/mol. The molecule has 0 bridgehead atoms. The Labute approximate surface area is 164 Å². The second-order valence-corrected chi connectivity index (χ2v) is 6.56. The molecule has 0 spiro atoms. The lowest BCUT2D eigenvalue weighted by Crippen LogP contribution is -2.43. The molecular weight excluding hydrogens is 378 g/mol. The van der Waals surface area contributed by atoms with E-state index in [2.05, 4.69) is 5.32 Å². The number of carbonyl (C=O) groups is 3. The summed E-state index contributed by atoms with van der Waals surface area (Å²) in [5.41, 5.74) is 11.1. The van der Waals surface area contributed by atoms with Crippen LogP contribution in [0.5, 0.6) is 0 Å². The Balaban J connectivity index is 3.86. The quantitative estimate of drug-likeness (QED) is 0.206. The Morgan fingerprint density at radius 2 is 1.67 bits per heavy atom. The molecule has 158 valence electrons. The number of carbonyl (C=O) groups excluding carboxylic acids is 3. The molecule has 0 fully saturated rings.